The van der Waals surface area contributed by atoms with E-state index in [0.29, 0.717) is 89.5 Å². The van der Waals surface area contributed by atoms with Crippen LogP contribution < -0.4 is 21.3 Å². The minimum Gasteiger partial charge on any atom is -0.449 e. The second-order valence-electron chi connectivity index (χ2n) is 10.0. The summed E-state index contributed by atoms with van der Waals surface area (Å²) in [5.74, 6) is -0.937. The number of hydrogen-bond acceptors (Lipinski definition) is 8. The largest absolute Gasteiger partial charge is 0.449 e. The Morgan fingerprint density at radius 2 is 1.20 bits per heavy atom. The van der Waals surface area contributed by atoms with Crippen molar-refractivity contribution in [1.29, 1.82) is 0 Å². The summed E-state index contributed by atoms with van der Waals surface area (Å²) in [6, 6.07) is 14.4. The fourth-order valence-electron chi connectivity index (χ4n) is 4.97. The van der Waals surface area contributed by atoms with E-state index >= 15 is 0 Å². The number of amides is 4. The average Bonchev–Trinajstić information content (AvgIpc) is 3.00. The molecule has 0 aromatic heterocycles. The Balaban J connectivity index is 1.05. The maximum Gasteiger partial charge on any atom is 0.409 e. The van der Waals surface area contributed by atoms with Crippen LogP contribution >= 0.6 is 0 Å². The summed E-state index contributed by atoms with van der Waals surface area (Å²) < 4.78 is 10.8. The number of carbonyl (C=O) groups excluding carboxylic acids is 4. The molecule has 12 nitrogen and oxygen atoms in total. The molecule has 2 aromatic rings. The molecule has 4 N–H and O–H groups in total. The molecule has 0 bridgehead atoms. The van der Waals surface area contributed by atoms with Crippen molar-refractivity contribution in [1.82, 2.24) is 9.80 Å². The first-order chi connectivity index (χ1) is 19.8. The predicted octanol–water partition coefficient (Wildman–Crippen LogP) is 2.27. The van der Waals surface area contributed by atoms with Gasteiger partial charge in [-0.1, -0.05) is 18.2 Å². The van der Waals surface area contributed by atoms with Gasteiger partial charge in [0.25, 0.3) is 5.91 Å². The Labute approximate surface area is 239 Å². The number of rotatable bonds is 10. The monoisotopic (exact) mass is 566 g/mol. The number of ether oxygens (including phenoxy) is 2. The van der Waals surface area contributed by atoms with Gasteiger partial charge >= 0.3 is 12.2 Å². The summed E-state index contributed by atoms with van der Waals surface area (Å²) in [6.07, 6.45) is 1.45. The molecule has 0 spiro atoms. The van der Waals surface area contributed by atoms with Crippen LogP contribution in [-0.4, -0.2) is 99.4 Å². The van der Waals surface area contributed by atoms with E-state index in [1.54, 1.807) is 40.1 Å². The van der Waals surface area contributed by atoms with Gasteiger partial charge in [-0.25, -0.2) is 9.59 Å². The van der Waals surface area contributed by atoms with Gasteiger partial charge in [0.05, 0.1) is 18.8 Å². The Morgan fingerprint density at radius 3 is 1.76 bits per heavy atom. The minimum absolute atomic E-state index is 0.302. The molecule has 2 fully saturated rings. The van der Waals surface area contributed by atoms with E-state index in [0.717, 1.165) is 17.8 Å². The van der Waals surface area contributed by atoms with Gasteiger partial charge in [-0.2, -0.15) is 0 Å². The lowest BCUT2D eigenvalue weighted by Crippen LogP contribution is -2.49. The van der Waals surface area contributed by atoms with Gasteiger partial charge in [0.2, 0.25) is 5.91 Å². The molecule has 4 rings (SSSR count). The molecule has 0 unspecified atom stereocenters. The van der Waals surface area contributed by atoms with Crippen molar-refractivity contribution in [2.75, 3.05) is 75.4 Å². The molecule has 2 saturated heterocycles. The second kappa shape index (κ2) is 14.2. The van der Waals surface area contributed by atoms with Crippen molar-refractivity contribution >= 4 is 35.4 Å². The highest BCUT2D eigenvalue weighted by Gasteiger charge is 2.25. The number of piperazine rings is 2. The lowest BCUT2D eigenvalue weighted by Gasteiger charge is -2.36. The van der Waals surface area contributed by atoms with E-state index in [-0.39, 0.29) is 12.2 Å². The van der Waals surface area contributed by atoms with Crippen molar-refractivity contribution in [3.8, 4) is 0 Å². The van der Waals surface area contributed by atoms with Crippen LogP contribution in [0.5, 0.6) is 0 Å². The zero-order valence-corrected chi connectivity index (χ0v) is 23.2. The van der Waals surface area contributed by atoms with Crippen LogP contribution in [0.4, 0.5) is 21.0 Å². The smallest absolute Gasteiger partial charge is 0.409 e. The van der Waals surface area contributed by atoms with Crippen molar-refractivity contribution < 1.29 is 28.7 Å². The first-order valence-corrected chi connectivity index (χ1v) is 14.0. The predicted molar refractivity (Wildman–Crippen MR) is 154 cm³/mol. The van der Waals surface area contributed by atoms with Crippen LogP contribution in [0.15, 0.2) is 48.5 Å². The standard InChI is InChI=1S/C29H38N6O6/c30-26(36)22-7-6-8-23(21-22)32-11-15-34(16-12-32)28(38)40-19-4-1-5-20-41-29(39)35-17-13-33(14-18-35)25-10-3-2-9-24(25)27(31)37/h2-3,6-10,21H,1,4-5,11-20H2,(H2,30,36)(H2,31,37). The van der Waals surface area contributed by atoms with E-state index in [1.807, 2.05) is 18.2 Å². The highest BCUT2D eigenvalue weighted by Crippen LogP contribution is 2.22. The van der Waals surface area contributed by atoms with Crippen molar-refractivity contribution in [3.05, 3.63) is 59.7 Å². The molecular formula is C29H38N6O6. The van der Waals surface area contributed by atoms with E-state index in [9.17, 15) is 19.2 Å². The first kappa shape index (κ1) is 29.5. The van der Waals surface area contributed by atoms with Gasteiger partial charge in [0.15, 0.2) is 0 Å². The number of nitrogens with zero attached hydrogens (tertiary/aromatic N) is 4. The summed E-state index contributed by atoms with van der Waals surface area (Å²) in [5, 5.41) is 0. The Bertz CT molecular complexity index is 1220. The number of hydrogen-bond donors (Lipinski definition) is 2. The summed E-state index contributed by atoms with van der Waals surface area (Å²) in [6.45, 7) is 5.11. The van der Waals surface area contributed by atoms with Crippen LogP contribution in [-0.2, 0) is 9.47 Å². The first-order valence-electron chi connectivity index (χ1n) is 14.0. The second-order valence-corrected chi connectivity index (χ2v) is 10.0. The van der Waals surface area contributed by atoms with Gasteiger partial charge in [-0.15, -0.1) is 0 Å². The Morgan fingerprint density at radius 1 is 0.634 bits per heavy atom. The van der Waals surface area contributed by atoms with Gasteiger partial charge < -0.3 is 40.5 Å². The minimum atomic E-state index is -0.471. The summed E-state index contributed by atoms with van der Waals surface area (Å²) in [7, 11) is 0. The topological polar surface area (TPSA) is 152 Å². The lowest BCUT2D eigenvalue weighted by molar-refractivity contribution is 0.0925. The SMILES string of the molecule is NC(=O)c1cccc(N2CCN(C(=O)OCCCCCOC(=O)N3CCN(c4ccccc4C(N)=O)CC3)CC2)c1. The third-order valence-corrected chi connectivity index (χ3v) is 7.32. The Kier molecular flexibility index (Phi) is 10.2. The maximum absolute atomic E-state index is 12.4. The Hall–Kier alpha value is -4.48. The van der Waals surface area contributed by atoms with Crippen LogP contribution in [0.3, 0.4) is 0 Å². The molecule has 2 heterocycles. The normalized spacial score (nSPS) is 15.4. The van der Waals surface area contributed by atoms with Crippen molar-refractivity contribution in [2.24, 2.45) is 11.5 Å². The van der Waals surface area contributed by atoms with Crippen LogP contribution in [0, 0.1) is 0 Å². The molecule has 2 aliphatic rings. The summed E-state index contributed by atoms with van der Waals surface area (Å²) in [5.41, 5.74) is 13.5. The lowest BCUT2D eigenvalue weighted by atomic mass is 10.1. The average molecular weight is 567 g/mol. The molecule has 0 aliphatic carbocycles. The van der Waals surface area contributed by atoms with Gasteiger partial charge in [-0.05, 0) is 49.6 Å². The third-order valence-electron chi connectivity index (χ3n) is 7.32. The van der Waals surface area contributed by atoms with Gasteiger partial charge in [0, 0.05) is 69.3 Å². The number of para-hydroxylation sites is 1. The number of benzene rings is 2. The number of carbonyl (C=O) groups is 4. The van der Waals surface area contributed by atoms with Crippen LogP contribution in [0.25, 0.3) is 0 Å². The van der Waals surface area contributed by atoms with Crippen LogP contribution in [0.1, 0.15) is 40.0 Å². The molecule has 0 atom stereocenters. The molecule has 4 amide bonds. The zero-order chi connectivity index (χ0) is 29.2. The summed E-state index contributed by atoms with van der Waals surface area (Å²) in [4.78, 5) is 55.5. The quantitative estimate of drug-likeness (QED) is 0.416. The van der Waals surface area contributed by atoms with Gasteiger partial charge in [0.1, 0.15) is 0 Å². The van der Waals surface area contributed by atoms with Gasteiger partial charge in [-0.3, -0.25) is 9.59 Å². The highest BCUT2D eigenvalue weighted by molar-refractivity contribution is 5.98. The third kappa shape index (κ3) is 8.03. The molecular weight excluding hydrogens is 528 g/mol. The highest BCUT2D eigenvalue weighted by atomic mass is 16.6. The van der Waals surface area contributed by atoms with E-state index in [1.165, 1.54) is 0 Å². The van der Waals surface area contributed by atoms with E-state index in [2.05, 4.69) is 9.80 Å². The summed E-state index contributed by atoms with van der Waals surface area (Å²) >= 11 is 0. The maximum atomic E-state index is 12.4. The molecule has 0 saturated carbocycles. The number of unbranched alkanes of at least 4 members (excludes halogenated alkanes) is 2. The number of nitrogens with two attached hydrogens (primary N) is 2. The fraction of sp³-hybridized carbons (Fsp3) is 0.448. The van der Waals surface area contributed by atoms with Crippen LogP contribution in [0.2, 0.25) is 0 Å². The molecule has 0 radical (unpaired) electrons. The molecule has 2 aliphatic heterocycles. The molecule has 2 aromatic carbocycles. The zero-order valence-electron chi connectivity index (χ0n) is 23.2. The fourth-order valence-corrected chi connectivity index (χ4v) is 4.97. The van der Waals surface area contributed by atoms with E-state index < -0.39 is 11.8 Å². The molecule has 41 heavy (non-hydrogen) atoms. The number of primary amides is 2. The van der Waals surface area contributed by atoms with Crippen molar-refractivity contribution in [3.63, 3.8) is 0 Å². The number of anilines is 2. The molecule has 12 heteroatoms. The van der Waals surface area contributed by atoms with E-state index in [4.69, 9.17) is 20.9 Å². The molecule has 220 valence electrons. The van der Waals surface area contributed by atoms with Crippen molar-refractivity contribution in [2.45, 2.75) is 19.3 Å².